The monoisotopic (exact) mass is 267 g/mol. The maximum absolute atomic E-state index is 12.2. The van der Waals surface area contributed by atoms with E-state index in [1.807, 2.05) is 13.8 Å². The molecule has 7 nitrogen and oxygen atoms in total. The van der Waals surface area contributed by atoms with Gasteiger partial charge < -0.3 is 20.6 Å². The van der Waals surface area contributed by atoms with Crippen LogP contribution >= 0.6 is 0 Å². The number of aliphatic hydroxyl groups excluding tert-OH is 1. The molecule has 0 aromatic carbocycles. The highest BCUT2D eigenvalue weighted by Gasteiger charge is 2.43. The average Bonchev–Trinajstić information content (AvgIpc) is 2.85. The molecule has 1 aromatic heterocycles. The number of rotatable bonds is 3. The molecule has 0 radical (unpaired) electrons. The van der Waals surface area contributed by atoms with Gasteiger partial charge in [-0.25, -0.2) is 4.79 Å². The van der Waals surface area contributed by atoms with Crippen LogP contribution in [-0.4, -0.2) is 45.9 Å². The van der Waals surface area contributed by atoms with Crippen LogP contribution in [0.1, 0.15) is 32.0 Å². The van der Waals surface area contributed by atoms with Gasteiger partial charge in [0.2, 0.25) is 0 Å². The molecule has 1 aromatic rings. The van der Waals surface area contributed by atoms with Gasteiger partial charge in [0.1, 0.15) is 0 Å². The first-order valence-corrected chi connectivity index (χ1v) is 6.37. The number of anilines is 1. The summed E-state index contributed by atoms with van der Waals surface area (Å²) in [5.41, 5.74) is 1.52. The quantitative estimate of drug-likeness (QED) is 0.645. The zero-order valence-electron chi connectivity index (χ0n) is 11.7. The van der Waals surface area contributed by atoms with Crippen molar-refractivity contribution in [3.05, 3.63) is 11.3 Å². The second-order valence-electron chi connectivity index (χ2n) is 5.36. The van der Waals surface area contributed by atoms with E-state index in [0.717, 1.165) is 17.1 Å². The van der Waals surface area contributed by atoms with Crippen LogP contribution in [0.2, 0.25) is 0 Å². The Hall–Kier alpha value is -1.76. The molecule has 0 fully saturated rings. The average molecular weight is 267 g/mol. The third-order valence-corrected chi connectivity index (χ3v) is 3.50. The van der Waals surface area contributed by atoms with Gasteiger partial charge in [0.05, 0.1) is 23.9 Å². The van der Waals surface area contributed by atoms with Crippen LogP contribution < -0.4 is 10.6 Å². The second-order valence-corrected chi connectivity index (χ2v) is 5.36. The highest BCUT2D eigenvalue weighted by Crippen LogP contribution is 2.40. The van der Waals surface area contributed by atoms with E-state index in [1.54, 1.807) is 18.9 Å². The Morgan fingerprint density at radius 2 is 2.32 bits per heavy atom. The van der Waals surface area contributed by atoms with E-state index in [-0.39, 0.29) is 12.6 Å². The summed E-state index contributed by atoms with van der Waals surface area (Å²) in [5, 5.41) is 22.1. The number of hydrogen-bond donors (Lipinski definition) is 4. The third kappa shape index (κ3) is 2.25. The standard InChI is InChI=1S/C12H21N5O2/c1-7(18)5-14-11(19)17-6-8-9(12(17,2)3)15-16-10(8)13-4/h7,18H,5-6H2,1-4H3,(H,14,19)(H2,13,15,16). The number of fused-ring (bicyclic) bond motifs is 1. The number of aromatic nitrogens is 2. The minimum atomic E-state index is -0.554. The smallest absolute Gasteiger partial charge is 0.318 e. The minimum absolute atomic E-state index is 0.183. The van der Waals surface area contributed by atoms with E-state index in [0.29, 0.717) is 6.54 Å². The molecule has 2 rings (SSSR count). The lowest BCUT2D eigenvalue weighted by atomic mass is 10.0. The van der Waals surface area contributed by atoms with Gasteiger partial charge in [-0.05, 0) is 20.8 Å². The van der Waals surface area contributed by atoms with E-state index in [2.05, 4.69) is 20.8 Å². The van der Waals surface area contributed by atoms with Crippen molar-refractivity contribution in [2.24, 2.45) is 0 Å². The largest absolute Gasteiger partial charge is 0.392 e. The van der Waals surface area contributed by atoms with Gasteiger partial charge in [-0.3, -0.25) is 5.10 Å². The minimum Gasteiger partial charge on any atom is -0.392 e. The summed E-state index contributed by atoms with van der Waals surface area (Å²) in [4.78, 5) is 13.9. The highest BCUT2D eigenvalue weighted by molar-refractivity contribution is 5.77. The molecular formula is C12H21N5O2. The number of aliphatic hydroxyl groups is 1. The Bertz CT molecular complexity index is 480. The second kappa shape index (κ2) is 4.73. The van der Waals surface area contributed by atoms with Crippen molar-refractivity contribution in [3.63, 3.8) is 0 Å². The van der Waals surface area contributed by atoms with Gasteiger partial charge in [0.15, 0.2) is 5.82 Å². The van der Waals surface area contributed by atoms with Crippen molar-refractivity contribution >= 4 is 11.8 Å². The molecule has 2 heterocycles. The van der Waals surface area contributed by atoms with Crippen LogP contribution in [0.25, 0.3) is 0 Å². The number of hydrogen-bond acceptors (Lipinski definition) is 4. The van der Waals surface area contributed by atoms with Crippen LogP contribution in [0.15, 0.2) is 0 Å². The summed E-state index contributed by atoms with van der Waals surface area (Å²) >= 11 is 0. The summed E-state index contributed by atoms with van der Waals surface area (Å²) in [6, 6.07) is -0.183. The Morgan fingerprint density at radius 3 is 2.89 bits per heavy atom. The molecule has 1 aliphatic rings. The van der Waals surface area contributed by atoms with E-state index >= 15 is 0 Å². The maximum Gasteiger partial charge on any atom is 0.318 e. The van der Waals surface area contributed by atoms with Gasteiger partial charge >= 0.3 is 6.03 Å². The summed E-state index contributed by atoms with van der Waals surface area (Å²) < 4.78 is 0. The highest BCUT2D eigenvalue weighted by atomic mass is 16.3. The van der Waals surface area contributed by atoms with Crippen molar-refractivity contribution in [1.29, 1.82) is 0 Å². The molecule has 0 aliphatic carbocycles. The fraction of sp³-hybridized carbons (Fsp3) is 0.667. The molecule has 1 aliphatic heterocycles. The zero-order chi connectivity index (χ0) is 14.2. The molecule has 1 unspecified atom stereocenters. The predicted molar refractivity (Wildman–Crippen MR) is 71.8 cm³/mol. The fourth-order valence-electron chi connectivity index (χ4n) is 2.38. The van der Waals surface area contributed by atoms with Crippen molar-refractivity contribution in [1.82, 2.24) is 20.4 Å². The lowest BCUT2D eigenvalue weighted by Crippen LogP contribution is -2.47. The van der Waals surface area contributed by atoms with Gasteiger partial charge in [-0.2, -0.15) is 5.10 Å². The first-order valence-electron chi connectivity index (χ1n) is 6.37. The Balaban J connectivity index is 2.18. The maximum atomic E-state index is 12.2. The predicted octanol–water partition coefficient (Wildman–Crippen LogP) is 0.593. The topological polar surface area (TPSA) is 93.3 Å². The Kier molecular flexibility index (Phi) is 3.40. The molecule has 106 valence electrons. The van der Waals surface area contributed by atoms with E-state index < -0.39 is 11.6 Å². The van der Waals surface area contributed by atoms with Gasteiger partial charge in [-0.1, -0.05) is 0 Å². The zero-order valence-corrected chi connectivity index (χ0v) is 11.7. The molecule has 0 spiro atoms. The van der Waals surface area contributed by atoms with E-state index in [1.165, 1.54) is 0 Å². The van der Waals surface area contributed by atoms with Crippen LogP contribution in [0.4, 0.5) is 10.6 Å². The molecule has 7 heteroatoms. The molecular weight excluding hydrogens is 246 g/mol. The normalized spacial score (nSPS) is 18.1. The van der Waals surface area contributed by atoms with Crippen LogP contribution in [0, 0.1) is 0 Å². The van der Waals surface area contributed by atoms with Gasteiger partial charge in [-0.15, -0.1) is 0 Å². The van der Waals surface area contributed by atoms with Crippen molar-refractivity contribution in [2.75, 3.05) is 18.9 Å². The molecule has 0 saturated heterocycles. The number of aromatic amines is 1. The molecule has 2 amide bonds. The van der Waals surface area contributed by atoms with Crippen molar-refractivity contribution < 1.29 is 9.90 Å². The number of H-pyrrole nitrogens is 1. The molecule has 19 heavy (non-hydrogen) atoms. The van der Waals surface area contributed by atoms with Gasteiger partial charge in [0, 0.05) is 19.2 Å². The first-order chi connectivity index (χ1) is 8.87. The number of nitrogens with one attached hydrogen (secondary N) is 3. The summed E-state index contributed by atoms with van der Waals surface area (Å²) in [7, 11) is 1.81. The lowest BCUT2D eigenvalue weighted by molar-refractivity contribution is 0.133. The van der Waals surface area contributed by atoms with Crippen LogP contribution in [0.5, 0.6) is 0 Å². The Morgan fingerprint density at radius 1 is 1.63 bits per heavy atom. The van der Waals surface area contributed by atoms with Gasteiger partial charge in [0.25, 0.3) is 0 Å². The van der Waals surface area contributed by atoms with Crippen molar-refractivity contribution in [3.8, 4) is 0 Å². The lowest BCUT2D eigenvalue weighted by Gasteiger charge is -2.32. The molecule has 0 saturated carbocycles. The van der Waals surface area contributed by atoms with Crippen LogP contribution in [0.3, 0.4) is 0 Å². The SMILES string of the molecule is CNc1n[nH]c2c1CN(C(=O)NCC(C)O)C2(C)C. The van der Waals surface area contributed by atoms with E-state index in [4.69, 9.17) is 0 Å². The number of urea groups is 1. The Labute approximate surface area is 112 Å². The first kappa shape index (κ1) is 13.7. The molecule has 0 bridgehead atoms. The van der Waals surface area contributed by atoms with Crippen molar-refractivity contribution in [2.45, 2.75) is 39.0 Å². The van der Waals surface area contributed by atoms with Crippen LogP contribution in [-0.2, 0) is 12.1 Å². The number of amides is 2. The number of nitrogens with zero attached hydrogens (tertiary/aromatic N) is 2. The molecule has 4 N–H and O–H groups in total. The number of carbonyl (C=O) groups is 1. The van der Waals surface area contributed by atoms with E-state index in [9.17, 15) is 9.90 Å². The summed E-state index contributed by atoms with van der Waals surface area (Å²) in [5.74, 6) is 0.772. The number of carbonyl (C=O) groups excluding carboxylic acids is 1. The summed E-state index contributed by atoms with van der Waals surface area (Å²) in [6.45, 7) is 6.33. The molecule has 1 atom stereocenters. The fourth-order valence-corrected chi connectivity index (χ4v) is 2.38. The third-order valence-electron chi connectivity index (χ3n) is 3.50. The summed E-state index contributed by atoms with van der Waals surface area (Å²) in [6.07, 6.45) is -0.554.